The van der Waals surface area contributed by atoms with E-state index in [-0.39, 0.29) is 18.8 Å². The minimum Gasteiger partial charge on any atom is -0.479 e. The van der Waals surface area contributed by atoms with Crippen LogP contribution in [0.4, 0.5) is 0 Å². The van der Waals surface area contributed by atoms with Gasteiger partial charge in [-0.3, -0.25) is 9.59 Å². The molecule has 29 heavy (non-hydrogen) atoms. The zero-order valence-electron chi connectivity index (χ0n) is 16.2. The molecule has 3 rings (SSSR count). The van der Waals surface area contributed by atoms with E-state index in [1.165, 1.54) is 16.2 Å². The Kier molecular flexibility index (Phi) is 6.14. The van der Waals surface area contributed by atoms with Crippen LogP contribution in [-0.2, 0) is 9.59 Å². The Morgan fingerprint density at radius 3 is 2.55 bits per heavy atom. The molecular formula is C21H23BrN2O4S. The second kappa shape index (κ2) is 8.28. The van der Waals surface area contributed by atoms with Crippen molar-refractivity contribution in [2.45, 2.75) is 38.3 Å². The number of carboxylic acid groups (broad SMARTS) is 1. The molecule has 1 aromatic heterocycles. The summed E-state index contributed by atoms with van der Waals surface area (Å²) in [6, 6.07) is 9.76. The highest BCUT2D eigenvalue weighted by Crippen LogP contribution is 2.51. The third-order valence-electron chi connectivity index (χ3n) is 5.31. The first kappa shape index (κ1) is 21.5. The molecule has 1 aliphatic heterocycles. The lowest BCUT2D eigenvalue weighted by Gasteiger charge is -2.39. The van der Waals surface area contributed by atoms with Crippen LogP contribution >= 0.6 is 27.3 Å². The van der Waals surface area contributed by atoms with E-state index in [9.17, 15) is 19.5 Å². The fraction of sp³-hybridized carbons (Fsp3) is 0.381. The van der Waals surface area contributed by atoms with Crippen LogP contribution in [0.25, 0.3) is 0 Å². The maximum atomic E-state index is 13.7. The molecule has 8 heteroatoms. The van der Waals surface area contributed by atoms with Crippen LogP contribution in [0.5, 0.6) is 0 Å². The summed E-state index contributed by atoms with van der Waals surface area (Å²) in [6.45, 7) is 3.81. The zero-order chi connectivity index (χ0) is 21.3. The van der Waals surface area contributed by atoms with Gasteiger partial charge in [-0.2, -0.15) is 0 Å². The largest absolute Gasteiger partial charge is 0.479 e. The van der Waals surface area contributed by atoms with Crippen LogP contribution in [0.1, 0.15) is 48.0 Å². The molecule has 0 saturated carbocycles. The number of hydrogen-bond donors (Lipinski definition) is 2. The number of thiophene rings is 1. The number of benzene rings is 1. The van der Waals surface area contributed by atoms with Crippen molar-refractivity contribution in [3.8, 4) is 0 Å². The number of carbonyl (C=O) groups is 3. The molecule has 2 heterocycles. The lowest BCUT2D eigenvalue weighted by molar-refractivity contribution is -0.150. The topological polar surface area (TPSA) is 101 Å². The Morgan fingerprint density at radius 2 is 2.03 bits per heavy atom. The highest BCUT2D eigenvalue weighted by molar-refractivity contribution is 9.10. The Morgan fingerprint density at radius 1 is 1.31 bits per heavy atom. The molecule has 1 saturated heterocycles. The van der Waals surface area contributed by atoms with Crippen LogP contribution in [-0.4, -0.2) is 33.3 Å². The van der Waals surface area contributed by atoms with Crippen molar-refractivity contribution in [2.24, 2.45) is 17.6 Å². The maximum Gasteiger partial charge on any atom is 0.329 e. The van der Waals surface area contributed by atoms with E-state index in [4.69, 9.17) is 5.73 Å². The number of nitrogens with two attached hydrogens (primary N) is 1. The molecule has 0 radical (unpaired) electrons. The van der Waals surface area contributed by atoms with Crippen LogP contribution in [0.15, 0.2) is 46.3 Å². The van der Waals surface area contributed by atoms with Gasteiger partial charge < -0.3 is 15.7 Å². The van der Waals surface area contributed by atoms with Gasteiger partial charge in [0, 0.05) is 14.9 Å². The Hall–Kier alpha value is -2.19. The maximum absolute atomic E-state index is 13.7. The summed E-state index contributed by atoms with van der Waals surface area (Å²) in [4.78, 5) is 40.8. The summed E-state index contributed by atoms with van der Waals surface area (Å²) in [7, 11) is 0. The van der Waals surface area contributed by atoms with E-state index in [0.29, 0.717) is 10.0 Å². The average Bonchev–Trinajstić information content (AvgIpc) is 3.27. The molecule has 3 N–H and O–H groups in total. The molecule has 0 bridgehead atoms. The number of rotatable bonds is 6. The third-order valence-corrected chi connectivity index (χ3v) is 6.75. The summed E-state index contributed by atoms with van der Waals surface area (Å²) in [5.74, 6) is -2.90. The first-order chi connectivity index (χ1) is 13.7. The smallest absolute Gasteiger partial charge is 0.329 e. The van der Waals surface area contributed by atoms with Gasteiger partial charge in [0.1, 0.15) is 5.54 Å². The minimum absolute atomic E-state index is 0.000443. The lowest BCUT2D eigenvalue weighted by Crippen LogP contribution is -2.54. The van der Waals surface area contributed by atoms with Gasteiger partial charge in [-0.25, -0.2) is 4.79 Å². The second-order valence-corrected chi connectivity index (χ2v) is 9.69. The van der Waals surface area contributed by atoms with Gasteiger partial charge >= 0.3 is 5.97 Å². The molecule has 3 atom stereocenters. The third kappa shape index (κ3) is 3.96. The average molecular weight is 479 g/mol. The van der Waals surface area contributed by atoms with E-state index in [2.05, 4.69) is 15.9 Å². The Bertz CT molecular complexity index is 931. The van der Waals surface area contributed by atoms with Crippen LogP contribution < -0.4 is 5.73 Å². The minimum atomic E-state index is -1.51. The number of likely N-dealkylation sites (tertiary alicyclic amines) is 1. The second-order valence-electron chi connectivity index (χ2n) is 7.79. The molecule has 2 aromatic rings. The van der Waals surface area contributed by atoms with E-state index in [1.807, 2.05) is 31.4 Å². The molecule has 154 valence electrons. The fourth-order valence-electron chi connectivity index (χ4n) is 4.28. The summed E-state index contributed by atoms with van der Waals surface area (Å²) in [6.07, 6.45) is 0.228. The van der Waals surface area contributed by atoms with Gasteiger partial charge in [0.2, 0.25) is 5.91 Å². The molecule has 1 fully saturated rings. The number of amides is 2. The Balaban J connectivity index is 2.22. The first-order valence-corrected chi connectivity index (χ1v) is 11.0. The van der Waals surface area contributed by atoms with Crippen LogP contribution in [0.2, 0.25) is 0 Å². The zero-order valence-corrected chi connectivity index (χ0v) is 18.6. The van der Waals surface area contributed by atoms with Crippen molar-refractivity contribution in [1.82, 2.24) is 4.90 Å². The van der Waals surface area contributed by atoms with E-state index >= 15 is 0 Å². The highest BCUT2D eigenvalue weighted by atomic mass is 79.9. The summed E-state index contributed by atoms with van der Waals surface area (Å²) < 4.78 is 0.714. The number of primary amides is 1. The van der Waals surface area contributed by atoms with E-state index in [1.54, 1.807) is 24.3 Å². The number of hydrogen-bond acceptors (Lipinski definition) is 4. The number of halogens is 1. The van der Waals surface area contributed by atoms with Crippen molar-refractivity contribution in [1.29, 1.82) is 0 Å². The van der Waals surface area contributed by atoms with Gasteiger partial charge in [-0.15, -0.1) is 11.3 Å². The number of nitrogens with zero attached hydrogens (tertiary/aromatic N) is 1. The molecule has 0 aliphatic carbocycles. The normalized spacial score (nSPS) is 24.1. The predicted molar refractivity (Wildman–Crippen MR) is 114 cm³/mol. The molecule has 0 spiro atoms. The SMILES string of the molecule is CC(C)CC1(C(=O)O)CC(C(N)=O)C(c2cccs2)N1C(=O)c1cccc(Br)c1. The molecule has 3 unspecified atom stereocenters. The fourth-order valence-corrected chi connectivity index (χ4v) is 5.56. The van der Waals surface area contributed by atoms with Crippen molar-refractivity contribution in [3.05, 3.63) is 56.7 Å². The van der Waals surface area contributed by atoms with Gasteiger partial charge in [-0.1, -0.05) is 41.9 Å². The van der Waals surface area contributed by atoms with Crippen molar-refractivity contribution in [2.75, 3.05) is 0 Å². The highest BCUT2D eigenvalue weighted by Gasteiger charge is 2.60. The number of aliphatic carboxylic acids is 1. The van der Waals surface area contributed by atoms with Crippen molar-refractivity contribution >= 4 is 45.1 Å². The monoisotopic (exact) mass is 478 g/mol. The summed E-state index contributed by atoms with van der Waals surface area (Å²) in [5, 5.41) is 12.1. The number of carboxylic acids is 1. The van der Waals surface area contributed by atoms with Gasteiger partial charge in [0.25, 0.3) is 5.91 Å². The quantitative estimate of drug-likeness (QED) is 0.652. The van der Waals surface area contributed by atoms with Gasteiger partial charge in [0.05, 0.1) is 12.0 Å². The van der Waals surface area contributed by atoms with E-state index in [0.717, 1.165) is 4.88 Å². The Labute approximate surface area is 181 Å². The van der Waals surface area contributed by atoms with Crippen LogP contribution in [0.3, 0.4) is 0 Å². The molecule has 1 aromatic carbocycles. The van der Waals surface area contributed by atoms with Gasteiger partial charge in [0.15, 0.2) is 0 Å². The number of carbonyl (C=O) groups excluding carboxylic acids is 2. The van der Waals surface area contributed by atoms with Crippen molar-refractivity contribution < 1.29 is 19.5 Å². The molecule has 1 aliphatic rings. The van der Waals surface area contributed by atoms with Crippen LogP contribution in [0, 0.1) is 11.8 Å². The van der Waals surface area contributed by atoms with E-state index < -0.39 is 35.3 Å². The summed E-state index contributed by atoms with van der Waals surface area (Å²) >= 11 is 4.75. The summed E-state index contributed by atoms with van der Waals surface area (Å²) in [5.41, 5.74) is 4.55. The molecule has 2 amide bonds. The molecular weight excluding hydrogens is 456 g/mol. The first-order valence-electron chi connectivity index (χ1n) is 9.32. The van der Waals surface area contributed by atoms with Crippen molar-refractivity contribution in [3.63, 3.8) is 0 Å². The van der Waals surface area contributed by atoms with Gasteiger partial charge in [-0.05, 0) is 48.4 Å². The molecule has 6 nitrogen and oxygen atoms in total. The standard InChI is InChI=1S/C21H23BrN2O4S/c1-12(2)10-21(20(27)28)11-15(18(23)25)17(16-7-4-8-29-16)24(21)19(26)13-5-3-6-14(22)9-13/h3-9,12,15,17H,10-11H2,1-2H3,(H2,23,25)(H,27,28). The lowest BCUT2D eigenvalue weighted by atomic mass is 9.83. The predicted octanol–water partition coefficient (Wildman–Crippen LogP) is 4.07.